The third-order valence-electron chi connectivity index (χ3n) is 6.00. The van der Waals surface area contributed by atoms with Crippen molar-refractivity contribution in [1.29, 1.82) is 0 Å². The lowest BCUT2D eigenvalue weighted by Gasteiger charge is -2.58. The summed E-state index contributed by atoms with van der Waals surface area (Å²) in [4.78, 5) is 12.9. The summed E-state index contributed by atoms with van der Waals surface area (Å²) >= 11 is 6.83. The van der Waals surface area contributed by atoms with E-state index in [9.17, 15) is 4.79 Å². The van der Waals surface area contributed by atoms with Crippen LogP contribution in [0.2, 0.25) is 0 Å². The second-order valence-electron chi connectivity index (χ2n) is 7.77. The molecule has 4 atom stereocenters. The number of methoxy groups -OCH3 is 2. The Morgan fingerprint density at radius 3 is 2.17 bits per heavy atom. The lowest BCUT2D eigenvalue weighted by Crippen LogP contribution is -2.56. The van der Waals surface area contributed by atoms with E-state index in [0.29, 0.717) is 29.1 Å². The van der Waals surface area contributed by atoms with Crippen molar-refractivity contribution in [3.63, 3.8) is 0 Å². The van der Waals surface area contributed by atoms with Crippen LogP contribution in [0, 0.1) is 17.3 Å². The third-order valence-corrected chi connectivity index (χ3v) is 6.44. The highest BCUT2D eigenvalue weighted by Gasteiger charge is 2.61. The number of ether oxygens (including phenoxy) is 3. The zero-order chi connectivity index (χ0) is 16.9. The molecule has 4 fully saturated rings. The first kappa shape index (κ1) is 16.1. The number of hydrogen-bond donors (Lipinski definition) is 0. The molecule has 130 valence electrons. The normalized spacial score (nSPS) is 36.5. The molecule has 4 nitrogen and oxygen atoms in total. The number of rotatable bonds is 4. The molecule has 0 aliphatic heterocycles. The summed E-state index contributed by atoms with van der Waals surface area (Å²) in [7, 11) is 3.12. The van der Waals surface area contributed by atoms with Crippen LogP contribution in [0.15, 0.2) is 18.2 Å². The predicted octanol–water partition coefficient (Wildman–Crippen LogP) is 4.19. The minimum Gasteiger partial charge on any atom is -0.493 e. The second-order valence-corrected chi connectivity index (χ2v) is 8.58. The van der Waals surface area contributed by atoms with Crippen LogP contribution in [0.4, 0.5) is 0 Å². The maximum atomic E-state index is 13.2. The fraction of sp³-hybridized carbons (Fsp3) is 0.632. The molecule has 4 bridgehead atoms. The molecule has 0 saturated heterocycles. The van der Waals surface area contributed by atoms with Gasteiger partial charge in [0.2, 0.25) is 5.75 Å². The van der Waals surface area contributed by atoms with Crippen LogP contribution in [0.1, 0.15) is 38.5 Å². The standard InChI is InChI=1S/C19H23ClO4/c1-22-14-4-3-5-15(23-2)16(14)24-17(21)18-7-12-6-13(8-18)10-19(20,9-12)11-18/h3-5,12-13H,6-11H2,1-2H3/t12-,13+,18?,19?. The van der Waals surface area contributed by atoms with E-state index in [0.717, 1.165) is 32.1 Å². The van der Waals surface area contributed by atoms with E-state index in [1.165, 1.54) is 6.42 Å². The minimum absolute atomic E-state index is 0.176. The second kappa shape index (κ2) is 5.55. The molecule has 0 radical (unpaired) electrons. The SMILES string of the molecule is COc1cccc(OC)c1OC(=O)C12C[C@@H]3C[C@@H](CC(Cl)(C3)C1)C2. The molecule has 5 heteroatoms. The van der Waals surface area contributed by atoms with Crippen LogP contribution < -0.4 is 14.2 Å². The monoisotopic (exact) mass is 350 g/mol. The van der Waals surface area contributed by atoms with E-state index in [-0.39, 0.29) is 10.8 Å². The molecule has 0 heterocycles. The molecule has 0 spiro atoms. The number of alkyl halides is 1. The number of halogens is 1. The van der Waals surface area contributed by atoms with Gasteiger partial charge in [-0.3, -0.25) is 4.79 Å². The maximum absolute atomic E-state index is 13.2. The number of esters is 1. The zero-order valence-electron chi connectivity index (χ0n) is 14.1. The molecule has 4 saturated carbocycles. The van der Waals surface area contributed by atoms with Gasteiger partial charge in [0.1, 0.15) is 0 Å². The topological polar surface area (TPSA) is 44.8 Å². The van der Waals surface area contributed by atoms with Crippen LogP contribution in [-0.2, 0) is 4.79 Å². The molecule has 2 unspecified atom stereocenters. The van der Waals surface area contributed by atoms with Gasteiger partial charge >= 0.3 is 5.97 Å². The predicted molar refractivity (Wildman–Crippen MR) is 90.9 cm³/mol. The van der Waals surface area contributed by atoms with Crippen LogP contribution in [0.3, 0.4) is 0 Å². The Hall–Kier alpha value is -1.42. The number of para-hydroxylation sites is 1. The van der Waals surface area contributed by atoms with E-state index in [2.05, 4.69) is 0 Å². The molecule has 4 aliphatic carbocycles. The van der Waals surface area contributed by atoms with E-state index in [1.807, 2.05) is 6.07 Å². The average molecular weight is 351 g/mol. The van der Waals surface area contributed by atoms with Gasteiger partial charge in [-0.1, -0.05) is 6.07 Å². The van der Waals surface area contributed by atoms with Gasteiger partial charge in [0.25, 0.3) is 0 Å². The van der Waals surface area contributed by atoms with Gasteiger partial charge in [-0.15, -0.1) is 11.6 Å². The van der Waals surface area contributed by atoms with E-state index in [4.69, 9.17) is 25.8 Å². The number of hydrogen-bond acceptors (Lipinski definition) is 4. The van der Waals surface area contributed by atoms with Gasteiger partial charge < -0.3 is 14.2 Å². The maximum Gasteiger partial charge on any atom is 0.317 e. The van der Waals surface area contributed by atoms with Crippen molar-refractivity contribution in [2.45, 2.75) is 43.4 Å². The summed E-state index contributed by atoms with van der Waals surface area (Å²) in [5.74, 6) is 2.31. The highest BCUT2D eigenvalue weighted by molar-refractivity contribution is 6.24. The highest BCUT2D eigenvalue weighted by Crippen LogP contribution is 2.64. The van der Waals surface area contributed by atoms with Crippen LogP contribution >= 0.6 is 11.6 Å². The quantitative estimate of drug-likeness (QED) is 0.464. The Morgan fingerprint density at radius 2 is 1.67 bits per heavy atom. The Balaban J connectivity index is 1.64. The van der Waals surface area contributed by atoms with Crippen molar-refractivity contribution in [1.82, 2.24) is 0 Å². The van der Waals surface area contributed by atoms with Gasteiger partial charge in [-0.2, -0.15) is 0 Å². The summed E-state index contributed by atoms with van der Waals surface area (Å²) in [6.07, 6.45) is 5.81. The van der Waals surface area contributed by atoms with Gasteiger partial charge in [0, 0.05) is 4.87 Å². The number of benzene rings is 1. The molecule has 5 rings (SSSR count). The molecule has 0 N–H and O–H groups in total. The Bertz CT molecular complexity index is 635. The van der Waals surface area contributed by atoms with Crippen LogP contribution in [-0.4, -0.2) is 25.1 Å². The number of carbonyl (C=O) groups excluding carboxylic acids is 1. The molecule has 0 amide bonds. The fourth-order valence-corrected chi connectivity index (χ4v) is 6.20. The van der Waals surface area contributed by atoms with Crippen LogP contribution in [0.25, 0.3) is 0 Å². The molecule has 1 aromatic carbocycles. The van der Waals surface area contributed by atoms with Crippen molar-refractivity contribution in [2.24, 2.45) is 17.3 Å². The number of carbonyl (C=O) groups is 1. The lowest BCUT2D eigenvalue weighted by molar-refractivity contribution is -0.160. The van der Waals surface area contributed by atoms with Crippen molar-refractivity contribution in [2.75, 3.05) is 14.2 Å². The zero-order valence-corrected chi connectivity index (χ0v) is 14.9. The summed E-state index contributed by atoms with van der Waals surface area (Å²) in [6, 6.07) is 5.36. The minimum atomic E-state index is -0.447. The largest absolute Gasteiger partial charge is 0.493 e. The third kappa shape index (κ3) is 2.46. The fourth-order valence-electron chi connectivity index (χ4n) is 5.51. The molecule has 0 aromatic heterocycles. The van der Waals surface area contributed by atoms with Gasteiger partial charge in [-0.25, -0.2) is 0 Å². The van der Waals surface area contributed by atoms with Crippen molar-refractivity contribution in [3.05, 3.63) is 18.2 Å². The Morgan fingerprint density at radius 1 is 1.08 bits per heavy atom. The van der Waals surface area contributed by atoms with E-state index in [1.54, 1.807) is 26.4 Å². The van der Waals surface area contributed by atoms with E-state index < -0.39 is 5.41 Å². The first-order valence-corrected chi connectivity index (χ1v) is 8.97. The molecule has 4 aliphatic rings. The van der Waals surface area contributed by atoms with Crippen molar-refractivity contribution in [3.8, 4) is 17.2 Å². The summed E-state index contributed by atoms with van der Waals surface area (Å²) in [5, 5.41) is 0. The van der Waals surface area contributed by atoms with Crippen LogP contribution in [0.5, 0.6) is 17.2 Å². The Labute approximate surface area is 147 Å². The first-order valence-electron chi connectivity index (χ1n) is 8.59. The Kier molecular flexibility index (Phi) is 3.72. The molecular formula is C19H23ClO4. The lowest BCUT2D eigenvalue weighted by atomic mass is 9.49. The van der Waals surface area contributed by atoms with Gasteiger partial charge in [-0.05, 0) is 62.5 Å². The highest BCUT2D eigenvalue weighted by atomic mass is 35.5. The van der Waals surface area contributed by atoms with Crippen molar-refractivity contribution >= 4 is 17.6 Å². The summed E-state index contributed by atoms with van der Waals surface area (Å²) in [6.45, 7) is 0. The summed E-state index contributed by atoms with van der Waals surface area (Å²) < 4.78 is 16.5. The molecular weight excluding hydrogens is 328 g/mol. The molecule has 24 heavy (non-hydrogen) atoms. The summed E-state index contributed by atoms with van der Waals surface area (Å²) in [5.41, 5.74) is -0.447. The smallest absolute Gasteiger partial charge is 0.317 e. The average Bonchev–Trinajstić information content (AvgIpc) is 2.52. The van der Waals surface area contributed by atoms with Crippen molar-refractivity contribution < 1.29 is 19.0 Å². The molecule has 1 aromatic rings. The first-order chi connectivity index (χ1) is 11.5. The van der Waals surface area contributed by atoms with E-state index >= 15 is 0 Å². The van der Waals surface area contributed by atoms with Gasteiger partial charge in [0.05, 0.1) is 19.6 Å². The van der Waals surface area contributed by atoms with Gasteiger partial charge in [0.15, 0.2) is 11.5 Å².